The number of rotatable bonds is 4. The zero-order valence-electron chi connectivity index (χ0n) is 11.5. The number of para-hydroxylation sites is 1. The summed E-state index contributed by atoms with van der Waals surface area (Å²) in [5, 5.41) is 0. The Morgan fingerprint density at radius 1 is 1.29 bits per heavy atom. The van der Waals surface area contributed by atoms with Gasteiger partial charge in [-0.3, -0.25) is 4.79 Å². The van der Waals surface area contributed by atoms with Gasteiger partial charge in [0.25, 0.3) is 0 Å². The first-order valence-corrected chi connectivity index (χ1v) is 6.87. The summed E-state index contributed by atoms with van der Waals surface area (Å²) in [4.78, 5) is 11.8. The van der Waals surface area contributed by atoms with Crippen molar-refractivity contribution in [2.24, 2.45) is 17.8 Å². The molecule has 1 aliphatic carbocycles. The fourth-order valence-electron chi connectivity index (χ4n) is 2.86. The van der Waals surface area contributed by atoms with E-state index in [4.69, 9.17) is 4.74 Å². The van der Waals surface area contributed by atoms with E-state index in [2.05, 4.69) is 6.92 Å². The van der Waals surface area contributed by atoms with Crippen molar-refractivity contribution in [1.29, 1.82) is 0 Å². The van der Waals surface area contributed by atoms with Crippen molar-refractivity contribution in [3.05, 3.63) is 43.7 Å². The summed E-state index contributed by atoms with van der Waals surface area (Å²) in [7, 11) is 0. The van der Waals surface area contributed by atoms with Gasteiger partial charge in [-0.25, -0.2) is 0 Å². The molecule has 2 rings (SSSR count). The Morgan fingerprint density at radius 2 is 1.95 bits per heavy atom. The predicted octanol–water partition coefficient (Wildman–Crippen LogP) is 4.23. The number of carbonyl (C=O) groups excluding carboxylic acids is 1. The van der Waals surface area contributed by atoms with Crippen LogP contribution in [0.4, 0.5) is 13.2 Å². The molecule has 3 atom stereocenters. The molecule has 0 aliphatic heterocycles. The van der Waals surface area contributed by atoms with Crippen molar-refractivity contribution < 1.29 is 22.7 Å². The molecule has 5 heteroatoms. The summed E-state index contributed by atoms with van der Waals surface area (Å²) >= 11 is 0. The Bertz CT molecular complexity index is 470. The van der Waals surface area contributed by atoms with Gasteiger partial charge in [0.1, 0.15) is 5.75 Å². The standard InChI is InChI=1S/C16H17F3O2/c1-2-11-8-9-12(15(11)16(17,18)19)10-14(20)21-13-6-4-3-5-7-13/h3-7,9,11-12,15H,1-2,8,10H2. The van der Waals surface area contributed by atoms with Crippen LogP contribution >= 0.6 is 0 Å². The van der Waals surface area contributed by atoms with E-state index in [1.807, 2.05) is 0 Å². The van der Waals surface area contributed by atoms with Crippen LogP contribution in [0.2, 0.25) is 0 Å². The number of carbonyl (C=O) groups is 1. The second kappa shape index (κ2) is 6.50. The zero-order chi connectivity index (χ0) is 15.5. The number of halogens is 3. The normalized spacial score (nSPS) is 25.8. The predicted molar refractivity (Wildman–Crippen MR) is 72.1 cm³/mol. The van der Waals surface area contributed by atoms with E-state index in [0.717, 1.165) is 0 Å². The van der Waals surface area contributed by atoms with Gasteiger partial charge in [0.05, 0.1) is 5.92 Å². The fourth-order valence-corrected chi connectivity index (χ4v) is 2.86. The molecule has 1 saturated carbocycles. The van der Waals surface area contributed by atoms with Gasteiger partial charge in [0.15, 0.2) is 0 Å². The minimum absolute atomic E-state index is 0.213. The van der Waals surface area contributed by atoms with Gasteiger partial charge >= 0.3 is 12.1 Å². The SMILES string of the molecule is [CH2]CC1C[CH]C(CC(=O)Oc2ccccc2)C1C(F)(F)F. The summed E-state index contributed by atoms with van der Waals surface area (Å²) in [6.45, 7) is 3.58. The summed E-state index contributed by atoms with van der Waals surface area (Å²) in [5.41, 5.74) is 0. The topological polar surface area (TPSA) is 26.3 Å². The van der Waals surface area contributed by atoms with E-state index in [0.29, 0.717) is 12.2 Å². The van der Waals surface area contributed by atoms with Gasteiger partial charge in [-0.1, -0.05) is 25.1 Å². The highest BCUT2D eigenvalue weighted by Gasteiger charge is 2.52. The number of ether oxygens (including phenoxy) is 1. The first-order valence-electron chi connectivity index (χ1n) is 6.87. The van der Waals surface area contributed by atoms with E-state index in [-0.39, 0.29) is 12.8 Å². The van der Waals surface area contributed by atoms with Crippen molar-refractivity contribution in [2.75, 3.05) is 0 Å². The Kier molecular flexibility index (Phi) is 4.91. The zero-order valence-corrected chi connectivity index (χ0v) is 11.5. The lowest BCUT2D eigenvalue weighted by Gasteiger charge is -2.26. The van der Waals surface area contributed by atoms with Gasteiger partial charge in [0.2, 0.25) is 0 Å². The number of hydrogen-bond acceptors (Lipinski definition) is 2. The van der Waals surface area contributed by atoms with E-state index in [9.17, 15) is 18.0 Å². The molecule has 114 valence electrons. The Balaban J connectivity index is 1.99. The van der Waals surface area contributed by atoms with Crippen molar-refractivity contribution in [1.82, 2.24) is 0 Å². The summed E-state index contributed by atoms with van der Waals surface area (Å²) in [6, 6.07) is 8.34. The molecule has 21 heavy (non-hydrogen) atoms. The number of alkyl halides is 3. The van der Waals surface area contributed by atoms with Crippen LogP contribution in [0.1, 0.15) is 19.3 Å². The second-order valence-corrected chi connectivity index (χ2v) is 5.24. The van der Waals surface area contributed by atoms with Gasteiger partial charge in [-0.15, -0.1) is 0 Å². The molecule has 0 aromatic heterocycles. The Labute approximate surface area is 122 Å². The molecule has 2 nitrogen and oxygen atoms in total. The van der Waals surface area contributed by atoms with Gasteiger partial charge < -0.3 is 4.74 Å². The molecule has 0 spiro atoms. The maximum absolute atomic E-state index is 13.1. The third-order valence-corrected chi connectivity index (χ3v) is 3.84. The highest BCUT2D eigenvalue weighted by Crippen LogP contribution is 2.48. The molecule has 1 aromatic carbocycles. The van der Waals surface area contributed by atoms with Crippen LogP contribution in [-0.4, -0.2) is 12.1 Å². The van der Waals surface area contributed by atoms with Crippen LogP contribution in [0.25, 0.3) is 0 Å². The Hall–Kier alpha value is -1.52. The Morgan fingerprint density at radius 3 is 2.52 bits per heavy atom. The maximum Gasteiger partial charge on any atom is 0.392 e. The highest BCUT2D eigenvalue weighted by atomic mass is 19.4. The third kappa shape index (κ3) is 3.99. The van der Waals surface area contributed by atoms with Gasteiger partial charge in [-0.2, -0.15) is 13.2 Å². The molecule has 3 unspecified atom stereocenters. The minimum Gasteiger partial charge on any atom is -0.427 e. The number of esters is 1. The molecule has 0 saturated heterocycles. The molecule has 1 aromatic rings. The monoisotopic (exact) mass is 298 g/mol. The lowest BCUT2D eigenvalue weighted by molar-refractivity contribution is -0.194. The average Bonchev–Trinajstić information content (AvgIpc) is 2.82. The lowest BCUT2D eigenvalue weighted by atomic mass is 9.85. The first-order chi connectivity index (χ1) is 9.91. The van der Waals surface area contributed by atoms with Crippen LogP contribution in [0.5, 0.6) is 5.75 Å². The number of hydrogen-bond donors (Lipinski definition) is 0. The van der Waals surface area contributed by atoms with Crippen LogP contribution < -0.4 is 4.74 Å². The molecular formula is C16H17F3O2. The van der Waals surface area contributed by atoms with Crippen LogP contribution in [0.3, 0.4) is 0 Å². The lowest BCUT2D eigenvalue weighted by Crippen LogP contribution is -2.33. The molecule has 0 heterocycles. The van der Waals surface area contributed by atoms with Crippen molar-refractivity contribution >= 4 is 5.97 Å². The molecule has 0 amide bonds. The van der Waals surface area contributed by atoms with Gasteiger partial charge in [0, 0.05) is 6.42 Å². The van der Waals surface area contributed by atoms with Crippen molar-refractivity contribution in [3.63, 3.8) is 0 Å². The van der Waals surface area contributed by atoms with Gasteiger partial charge in [-0.05, 0) is 43.2 Å². The summed E-state index contributed by atoms with van der Waals surface area (Å²) < 4.78 is 44.4. The molecule has 2 radical (unpaired) electrons. The van der Waals surface area contributed by atoms with Crippen molar-refractivity contribution in [3.8, 4) is 5.75 Å². The average molecular weight is 298 g/mol. The second-order valence-electron chi connectivity index (χ2n) is 5.24. The van der Waals surface area contributed by atoms with E-state index >= 15 is 0 Å². The number of benzene rings is 1. The molecular weight excluding hydrogens is 281 g/mol. The van der Waals surface area contributed by atoms with Crippen molar-refractivity contribution in [2.45, 2.75) is 25.4 Å². The minimum atomic E-state index is -4.31. The summed E-state index contributed by atoms with van der Waals surface area (Å²) in [6.07, 6.45) is -2.43. The van der Waals surface area contributed by atoms with E-state index in [1.165, 1.54) is 0 Å². The molecule has 1 fully saturated rings. The van der Waals surface area contributed by atoms with E-state index < -0.39 is 29.9 Å². The third-order valence-electron chi connectivity index (χ3n) is 3.84. The molecule has 0 bridgehead atoms. The van der Waals surface area contributed by atoms with Crippen LogP contribution in [-0.2, 0) is 4.79 Å². The maximum atomic E-state index is 13.1. The largest absolute Gasteiger partial charge is 0.427 e. The molecule has 1 aliphatic rings. The van der Waals surface area contributed by atoms with E-state index in [1.54, 1.807) is 36.8 Å². The smallest absolute Gasteiger partial charge is 0.392 e. The first kappa shape index (κ1) is 15.9. The quantitative estimate of drug-likeness (QED) is 0.614. The highest BCUT2D eigenvalue weighted by molar-refractivity contribution is 5.72. The van der Waals surface area contributed by atoms with Crippen LogP contribution in [0.15, 0.2) is 30.3 Å². The fraction of sp³-hybridized carbons (Fsp3) is 0.438. The van der Waals surface area contributed by atoms with Crippen LogP contribution in [0, 0.1) is 31.1 Å². The summed E-state index contributed by atoms with van der Waals surface area (Å²) in [5.74, 6) is -3.16. The molecule has 0 N–H and O–H groups in total.